The van der Waals surface area contributed by atoms with Crippen molar-refractivity contribution in [3.8, 4) is 0 Å². The number of rotatable bonds is 22. The zero-order valence-corrected chi connectivity index (χ0v) is 22.3. The highest BCUT2D eigenvalue weighted by atomic mass is 16.6. The average Bonchev–Trinajstić information content (AvgIpc) is 2.75. The fourth-order valence-corrected chi connectivity index (χ4v) is 3.65. The summed E-state index contributed by atoms with van der Waals surface area (Å²) in [5, 5.41) is 9.42. The first-order valence-corrected chi connectivity index (χ1v) is 13.1. The van der Waals surface area contributed by atoms with Gasteiger partial charge in [-0.3, -0.25) is 9.59 Å². The van der Waals surface area contributed by atoms with Gasteiger partial charge in [0, 0.05) is 19.3 Å². The standard InChI is InChI=1S/C26H49NO7/c1-6-8-9-10-11-12-13-14-15-17-25(29)34-22(21-33-24(28)16-7-2)20-32-19-18-23(26(30)31)27(3,4)5/h22-23H,6-21H2,1-5H3/p+1. The molecule has 0 spiro atoms. The minimum Gasteiger partial charge on any atom is -0.477 e. The van der Waals surface area contributed by atoms with Crippen LogP contribution >= 0.6 is 0 Å². The molecule has 8 nitrogen and oxygen atoms in total. The van der Waals surface area contributed by atoms with E-state index in [1.807, 2.05) is 28.1 Å². The summed E-state index contributed by atoms with van der Waals surface area (Å²) in [7, 11) is 5.47. The lowest BCUT2D eigenvalue weighted by Crippen LogP contribution is -2.50. The Morgan fingerprint density at radius 3 is 1.88 bits per heavy atom. The molecule has 0 saturated carbocycles. The zero-order valence-electron chi connectivity index (χ0n) is 22.3. The molecule has 0 fully saturated rings. The summed E-state index contributed by atoms with van der Waals surface area (Å²) in [5.41, 5.74) is 0. The molecular weight excluding hydrogens is 438 g/mol. The van der Waals surface area contributed by atoms with E-state index >= 15 is 0 Å². The number of carboxylic acid groups (broad SMARTS) is 1. The smallest absolute Gasteiger partial charge is 0.362 e. The maximum absolute atomic E-state index is 12.3. The van der Waals surface area contributed by atoms with Crippen LogP contribution in [0, 0.1) is 0 Å². The van der Waals surface area contributed by atoms with E-state index in [0.717, 1.165) is 19.3 Å². The van der Waals surface area contributed by atoms with Gasteiger partial charge in [0.2, 0.25) is 0 Å². The Hall–Kier alpha value is -1.67. The summed E-state index contributed by atoms with van der Waals surface area (Å²) in [6.45, 7) is 4.32. The van der Waals surface area contributed by atoms with Crippen LogP contribution in [0.3, 0.4) is 0 Å². The van der Waals surface area contributed by atoms with Crippen molar-refractivity contribution in [2.24, 2.45) is 0 Å². The number of hydrogen-bond donors (Lipinski definition) is 1. The highest BCUT2D eigenvalue weighted by Crippen LogP contribution is 2.12. The second-order valence-corrected chi connectivity index (χ2v) is 9.96. The van der Waals surface area contributed by atoms with E-state index in [0.29, 0.717) is 25.7 Å². The van der Waals surface area contributed by atoms with Gasteiger partial charge in [-0.25, -0.2) is 4.79 Å². The maximum atomic E-state index is 12.3. The van der Waals surface area contributed by atoms with Crippen molar-refractivity contribution >= 4 is 17.9 Å². The van der Waals surface area contributed by atoms with Crippen LogP contribution in [-0.4, -0.2) is 80.6 Å². The number of carbonyl (C=O) groups is 3. The average molecular weight is 489 g/mol. The first-order chi connectivity index (χ1) is 16.1. The van der Waals surface area contributed by atoms with Gasteiger partial charge in [-0.1, -0.05) is 65.2 Å². The topological polar surface area (TPSA) is 99.1 Å². The Bertz CT molecular complexity index is 560. The molecule has 0 aliphatic rings. The monoisotopic (exact) mass is 488 g/mol. The third-order valence-electron chi connectivity index (χ3n) is 5.73. The SMILES string of the molecule is CCCCCCCCCCCC(=O)OC(COCCC(C(=O)O)[N+](C)(C)C)COC(=O)CCC. The van der Waals surface area contributed by atoms with Crippen LogP contribution in [0.5, 0.6) is 0 Å². The molecule has 200 valence electrons. The Labute approximate surface area is 206 Å². The summed E-state index contributed by atoms with van der Waals surface area (Å²) < 4.78 is 16.6. The Kier molecular flexibility index (Phi) is 18.7. The van der Waals surface area contributed by atoms with Gasteiger partial charge in [-0.05, 0) is 12.8 Å². The van der Waals surface area contributed by atoms with Crippen molar-refractivity contribution in [2.45, 2.75) is 109 Å². The second-order valence-electron chi connectivity index (χ2n) is 9.96. The molecule has 0 amide bonds. The zero-order chi connectivity index (χ0) is 25.8. The molecule has 0 aromatic heterocycles. The van der Waals surface area contributed by atoms with Crippen LogP contribution in [0.1, 0.15) is 97.3 Å². The largest absolute Gasteiger partial charge is 0.477 e. The lowest BCUT2D eigenvalue weighted by atomic mass is 10.1. The first kappa shape index (κ1) is 32.3. The summed E-state index contributed by atoms with van der Waals surface area (Å²) in [4.78, 5) is 35.5. The molecule has 0 heterocycles. The number of carbonyl (C=O) groups excluding carboxylic acids is 2. The molecule has 0 aliphatic heterocycles. The molecule has 0 saturated heterocycles. The third kappa shape index (κ3) is 17.8. The van der Waals surface area contributed by atoms with Crippen molar-refractivity contribution in [1.29, 1.82) is 0 Å². The summed E-state index contributed by atoms with van der Waals surface area (Å²) >= 11 is 0. The van der Waals surface area contributed by atoms with Crippen LogP contribution in [0.25, 0.3) is 0 Å². The lowest BCUT2D eigenvalue weighted by Gasteiger charge is -2.31. The molecule has 2 atom stereocenters. The van der Waals surface area contributed by atoms with E-state index in [4.69, 9.17) is 14.2 Å². The van der Waals surface area contributed by atoms with Crippen LogP contribution in [-0.2, 0) is 28.6 Å². The maximum Gasteiger partial charge on any atom is 0.362 e. The molecule has 0 aromatic rings. The van der Waals surface area contributed by atoms with E-state index in [2.05, 4.69) is 6.92 Å². The first-order valence-electron chi connectivity index (χ1n) is 13.1. The van der Waals surface area contributed by atoms with Gasteiger partial charge in [0.1, 0.15) is 6.61 Å². The number of ether oxygens (including phenoxy) is 3. The quantitative estimate of drug-likeness (QED) is 0.134. The minimum absolute atomic E-state index is 0.0555. The number of quaternary nitrogens is 1. The van der Waals surface area contributed by atoms with Gasteiger partial charge in [0.25, 0.3) is 0 Å². The number of hydrogen-bond acceptors (Lipinski definition) is 6. The number of nitrogens with zero attached hydrogens (tertiary/aromatic N) is 1. The van der Waals surface area contributed by atoms with Gasteiger partial charge >= 0.3 is 17.9 Å². The molecular formula is C26H50NO7+. The second kappa shape index (κ2) is 19.6. The van der Waals surface area contributed by atoms with Crippen molar-refractivity contribution in [2.75, 3.05) is 41.0 Å². The molecule has 0 radical (unpaired) electrons. The molecule has 34 heavy (non-hydrogen) atoms. The highest BCUT2D eigenvalue weighted by Gasteiger charge is 2.31. The normalized spacial score (nSPS) is 13.3. The van der Waals surface area contributed by atoms with E-state index in [9.17, 15) is 19.5 Å². The van der Waals surface area contributed by atoms with Crippen molar-refractivity contribution in [3.05, 3.63) is 0 Å². The Morgan fingerprint density at radius 2 is 1.35 bits per heavy atom. The van der Waals surface area contributed by atoms with Gasteiger partial charge in [0.05, 0.1) is 34.4 Å². The van der Waals surface area contributed by atoms with E-state index in [1.54, 1.807) is 0 Å². The van der Waals surface area contributed by atoms with Crippen molar-refractivity contribution in [1.82, 2.24) is 0 Å². The van der Waals surface area contributed by atoms with Crippen LogP contribution in [0.2, 0.25) is 0 Å². The molecule has 0 aromatic carbocycles. The predicted molar refractivity (Wildman–Crippen MR) is 132 cm³/mol. The highest BCUT2D eigenvalue weighted by molar-refractivity contribution is 5.72. The van der Waals surface area contributed by atoms with Crippen LogP contribution in [0.4, 0.5) is 0 Å². The van der Waals surface area contributed by atoms with Gasteiger partial charge in [-0.15, -0.1) is 0 Å². The number of likely N-dealkylation sites (N-methyl/N-ethyl adjacent to an activating group) is 1. The molecule has 1 N–H and O–H groups in total. The summed E-state index contributed by atoms with van der Waals surface area (Å²) in [6.07, 6.45) is 11.5. The molecule has 8 heteroatoms. The molecule has 0 bridgehead atoms. The summed E-state index contributed by atoms with van der Waals surface area (Å²) in [6, 6.07) is -0.602. The van der Waals surface area contributed by atoms with Gasteiger partial charge in [0.15, 0.2) is 12.1 Å². The fraction of sp³-hybridized carbons (Fsp3) is 0.885. The van der Waals surface area contributed by atoms with E-state index in [-0.39, 0.29) is 36.2 Å². The molecule has 0 rings (SSSR count). The number of aliphatic carboxylic acids is 1. The van der Waals surface area contributed by atoms with Crippen molar-refractivity contribution in [3.63, 3.8) is 0 Å². The van der Waals surface area contributed by atoms with Crippen molar-refractivity contribution < 1.29 is 38.2 Å². The minimum atomic E-state index is -0.881. The van der Waals surface area contributed by atoms with Gasteiger partial charge in [-0.2, -0.15) is 0 Å². The van der Waals surface area contributed by atoms with Crippen LogP contribution < -0.4 is 0 Å². The fourth-order valence-electron chi connectivity index (χ4n) is 3.65. The number of carboxylic acids is 1. The molecule has 2 unspecified atom stereocenters. The summed E-state index contributed by atoms with van der Waals surface area (Å²) in [5.74, 6) is -1.54. The van der Waals surface area contributed by atoms with E-state index in [1.165, 1.54) is 38.5 Å². The Morgan fingerprint density at radius 1 is 0.765 bits per heavy atom. The lowest BCUT2D eigenvalue weighted by molar-refractivity contribution is -0.887. The molecule has 0 aliphatic carbocycles. The Balaban J connectivity index is 4.38. The van der Waals surface area contributed by atoms with Gasteiger partial charge < -0.3 is 23.8 Å². The van der Waals surface area contributed by atoms with Crippen LogP contribution in [0.15, 0.2) is 0 Å². The van der Waals surface area contributed by atoms with E-state index < -0.39 is 18.1 Å². The number of unbranched alkanes of at least 4 members (excludes halogenated alkanes) is 8. The predicted octanol–water partition coefficient (Wildman–Crippen LogP) is 4.73. The number of esters is 2. The third-order valence-corrected chi connectivity index (χ3v) is 5.73.